The van der Waals surface area contributed by atoms with Crippen LogP contribution in [0.5, 0.6) is 5.75 Å². The van der Waals surface area contributed by atoms with Crippen molar-refractivity contribution in [1.82, 2.24) is 0 Å². The summed E-state index contributed by atoms with van der Waals surface area (Å²) in [5.41, 5.74) is 2.21. The van der Waals surface area contributed by atoms with Crippen LogP contribution in [0.2, 0.25) is 0 Å². The Balaban J connectivity index is 1.88. The van der Waals surface area contributed by atoms with E-state index in [4.69, 9.17) is 14.2 Å². The molecule has 0 aliphatic carbocycles. The van der Waals surface area contributed by atoms with Crippen molar-refractivity contribution in [2.75, 3.05) is 13.7 Å². The van der Waals surface area contributed by atoms with Crippen LogP contribution in [0.1, 0.15) is 55.8 Å². The maximum absolute atomic E-state index is 12.1. The number of cyclic esters (lactones) is 1. The number of ether oxygens (including phenoxy) is 3. The quantitative estimate of drug-likeness (QED) is 0.739. The fourth-order valence-electron chi connectivity index (χ4n) is 3.43. The van der Waals surface area contributed by atoms with E-state index in [0.717, 1.165) is 36.1 Å². The van der Waals surface area contributed by atoms with Gasteiger partial charge in [-0.3, -0.25) is 9.59 Å². The van der Waals surface area contributed by atoms with Crippen molar-refractivity contribution >= 4 is 11.8 Å². The molecule has 0 spiro atoms. The second kappa shape index (κ2) is 7.79. The molecule has 2 atom stereocenters. The van der Waals surface area contributed by atoms with E-state index in [1.807, 2.05) is 18.2 Å². The molecule has 1 fully saturated rings. The van der Waals surface area contributed by atoms with Crippen LogP contribution in [0.4, 0.5) is 0 Å². The molecule has 0 amide bonds. The molecule has 2 heterocycles. The van der Waals surface area contributed by atoms with Crippen LogP contribution in [0.15, 0.2) is 18.2 Å². The number of methoxy groups -OCH3 is 1. The first-order valence-corrected chi connectivity index (χ1v) is 8.65. The third-order valence-corrected chi connectivity index (χ3v) is 4.70. The van der Waals surface area contributed by atoms with E-state index >= 15 is 0 Å². The zero-order chi connectivity index (χ0) is 16.9. The predicted octanol–water partition coefficient (Wildman–Crippen LogP) is 3.14. The van der Waals surface area contributed by atoms with Gasteiger partial charge < -0.3 is 14.2 Å². The summed E-state index contributed by atoms with van der Waals surface area (Å²) in [4.78, 5) is 23.9. The van der Waals surface area contributed by atoms with E-state index in [9.17, 15) is 9.59 Å². The summed E-state index contributed by atoms with van der Waals surface area (Å²) in [6, 6.07) is 5.95. The number of hydrogen-bond donors (Lipinski definition) is 0. The number of carbonyl (C=O) groups excluding carboxylic acids is 2. The van der Waals surface area contributed by atoms with Gasteiger partial charge in [-0.05, 0) is 42.5 Å². The van der Waals surface area contributed by atoms with Crippen molar-refractivity contribution in [2.24, 2.45) is 0 Å². The summed E-state index contributed by atoms with van der Waals surface area (Å²) in [6.07, 6.45) is 3.94. The molecule has 130 valence electrons. The molecular formula is C19H24O5. The topological polar surface area (TPSA) is 61.8 Å². The number of aryl methyl sites for hydroxylation is 1. The minimum absolute atomic E-state index is 0.168. The Morgan fingerprint density at radius 2 is 1.96 bits per heavy atom. The Kier molecular flexibility index (Phi) is 5.51. The summed E-state index contributed by atoms with van der Waals surface area (Å²) in [7, 11) is 1.65. The summed E-state index contributed by atoms with van der Waals surface area (Å²) >= 11 is 0. The monoisotopic (exact) mass is 332 g/mol. The van der Waals surface area contributed by atoms with Gasteiger partial charge in [-0.2, -0.15) is 0 Å². The van der Waals surface area contributed by atoms with Gasteiger partial charge in [0.1, 0.15) is 11.5 Å². The molecule has 5 nitrogen and oxygen atoms in total. The molecular weight excluding hydrogens is 308 g/mol. The van der Waals surface area contributed by atoms with E-state index in [1.54, 1.807) is 7.11 Å². The molecule has 2 aliphatic heterocycles. The first-order chi connectivity index (χ1) is 11.7. The number of rotatable bonds is 1. The second-order valence-corrected chi connectivity index (χ2v) is 6.47. The second-order valence-electron chi connectivity index (χ2n) is 6.47. The highest BCUT2D eigenvalue weighted by Gasteiger charge is 2.30. The Hall–Kier alpha value is -1.88. The first-order valence-electron chi connectivity index (χ1n) is 8.65. The summed E-state index contributed by atoms with van der Waals surface area (Å²) in [6.45, 7) is 0.318. The lowest BCUT2D eigenvalue weighted by atomic mass is 9.91. The predicted molar refractivity (Wildman–Crippen MR) is 88.0 cm³/mol. The van der Waals surface area contributed by atoms with Crippen LogP contribution in [0, 0.1) is 0 Å². The zero-order valence-electron chi connectivity index (χ0n) is 14.1. The normalized spacial score (nSPS) is 25.5. The van der Waals surface area contributed by atoms with Gasteiger partial charge in [0, 0.05) is 25.7 Å². The van der Waals surface area contributed by atoms with Crippen LogP contribution >= 0.6 is 0 Å². The molecule has 1 saturated heterocycles. The van der Waals surface area contributed by atoms with Crippen LogP contribution in [0.25, 0.3) is 0 Å². The number of benzene rings is 1. The SMILES string of the molecule is COc1ccc2c(c1)CCCCC(=O)OCC[C@H]1CC(=O)C[C@@H]2O1. The third kappa shape index (κ3) is 4.15. The smallest absolute Gasteiger partial charge is 0.305 e. The lowest BCUT2D eigenvalue weighted by molar-refractivity contribution is -0.146. The average molecular weight is 332 g/mol. The van der Waals surface area contributed by atoms with Gasteiger partial charge in [-0.1, -0.05) is 6.07 Å². The molecule has 24 heavy (non-hydrogen) atoms. The van der Waals surface area contributed by atoms with E-state index in [0.29, 0.717) is 32.3 Å². The molecule has 3 rings (SSSR count). The van der Waals surface area contributed by atoms with Gasteiger partial charge in [-0.25, -0.2) is 0 Å². The highest BCUT2D eigenvalue weighted by atomic mass is 16.5. The maximum atomic E-state index is 12.1. The molecule has 1 aromatic rings. The van der Waals surface area contributed by atoms with Gasteiger partial charge in [0.25, 0.3) is 0 Å². The third-order valence-electron chi connectivity index (χ3n) is 4.70. The van der Waals surface area contributed by atoms with E-state index in [-0.39, 0.29) is 24.0 Å². The Labute approximate surface area is 142 Å². The molecule has 1 aromatic carbocycles. The molecule has 2 aliphatic rings. The number of carbonyl (C=O) groups is 2. The van der Waals surface area contributed by atoms with Crippen molar-refractivity contribution in [3.63, 3.8) is 0 Å². The maximum Gasteiger partial charge on any atom is 0.305 e. The Bertz CT molecular complexity index is 610. The van der Waals surface area contributed by atoms with E-state index < -0.39 is 0 Å². The Morgan fingerprint density at radius 1 is 1.12 bits per heavy atom. The van der Waals surface area contributed by atoms with Gasteiger partial charge in [0.05, 0.1) is 25.9 Å². The summed E-state index contributed by atoms with van der Waals surface area (Å²) < 4.78 is 16.7. The van der Waals surface area contributed by atoms with Gasteiger partial charge in [0.15, 0.2) is 0 Å². The van der Waals surface area contributed by atoms with Gasteiger partial charge in [-0.15, -0.1) is 0 Å². The minimum atomic E-state index is -0.214. The van der Waals surface area contributed by atoms with Crippen molar-refractivity contribution in [3.05, 3.63) is 29.3 Å². The number of Topliss-reactive ketones (excluding diaryl/α,β-unsaturated/α-hetero) is 1. The van der Waals surface area contributed by atoms with Gasteiger partial charge in [0.2, 0.25) is 0 Å². The fraction of sp³-hybridized carbons (Fsp3) is 0.579. The van der Waals surface area contributed by atoms with Crippen LogP contribution in [-0.2, 0) is 25.5 Å². The minimum Gasteiger partial charge on any atom is -0.497 e. The van der Waals surface area contributed by atoms with Gasteiger partial charge >= 0.3 is 5.97 Å². The molecule has 0 saturated carbocycles. The molecule has 0 radical (unpaired) electrons. The highest BCUT2D eigenvalue weighted by Crippen LogP contribution is 2.35. The molecule has 0 unspecified atom stereocenters. The lowest BCUT2D eigenvalue weighted by Gasteiger charge is -2.30. The van der Waals surface area contributed by atoms with Crippen LogP contribution < -0.4 is 4.74 Å². The Morgan fingerprint density at radius 3 is 2.79 bits per heavy atom. The molecule has 0 aromatic heterocycles. The number of hydrogen-bond acceptors (Lipinski definition) is 5. The standard InChI is InChI=1S/C19H24O5/c1-22-15-6-7-17-13(10-15)4-2-3-5-19(21)23-9-8-16-11-14(20)12-18(17)24-16/h6-7,10,16,18H,2-5,8-9,11-12H2,1H3/t16-,18-/m0/s1. The van der Waals surface area contributed by atoms with Crippen molar-refractivity contribution in [3.8, 4) is 5.75 Å². The van der Waals surface area contributed by atoms with Crippen molar-refractivity contribution in [2.45, 2.75) is 57.2 Å². The first kappa shape index (κ1) is 17.0. The number of ketones is 1. The fourth-order valence-corrected chi connectivity index (χ4v) is 3.43. The van der Waals surface area contributed by atoms with Crippen molar-refractivity contribution in [1.29, 1.82) is 0 Å². The highest BCUT2D eigenvalue weighted by molar-refractivity contribution is 5.80. The molecule has 5 heteroatoms. The largest absolute Gasteiger partial charge is 0.497 e. The number of esters is 1. The summed E-state index contributed by atoms with van der Waals surface area (Å²) in [5.74, 6) is 0.842. The number of fused-ring (bicyclic) bond motifs is 4. The zero-order valence-corrected chi connectivity index (χ0v) is 14.1. The van der Waals surface area contributed by atoms with Crippen LogP contribution in [0.3, 0.4) is 0 Å². The molecule has 0 N–H and O–H groups in total. The van der Waals surface area contributed by atoms with Crippen LogP contribution in [-0.4, -0.2) is 31.6 Å². The average Bonchev–Trinajstić information content (AvgIpc) is 2.58. The van der Waals surface area contributed by atoms with E-state index in [2.05, 4.69) is 0 Å². The summed E-state index contributed by atoms with van der Waals surface area (Å²) in [5, 5.41) is 0. The van der Waals surface area contributed by atoms with E-state index in [1.165, 1.54) is 0 Å². The molecule has 2 bridgehead atoms. The van der Waals surface area contributed by atoms with Crippen molar-refractivity contribution < 1.29 is 23.8 Å². The lowest BCUT2D eigenvalue weighted by Crippen LogP contribution is -2.30.